The molecule has 3 heteroatoms. The molecule has 1 aromatic carbocycles. The highest BCUT2D eigenvalue weighted by molar-refractivity contribution is 6.30. The number of nitriles is 1. The van der Waals surface area contributed by atoms with Crippen LogP contribution in [0.5, 0.6) is 0 Å². The average molecular weight is 245 g/mol. The maximum Gasteiger partial charge on any atom is 0.101 e. The van der Waals surface area contributed by atoms with Crippen molar-refractivity contribution < 1.29 is 0 Å². The molecular formula is C14H13ClN2. The number of rotatable bonds is 1. The first kappa shape index (κ1) is 11.8. The van der Waals surface area contributed by atoms with Gasteiger partial charge in [0.15, 0.2) is 0 Å². The zero-order valence-electron chi connectivity index (χ0n) is 10.1. The van der Waals surface area contributed by atoms with Gasteiger partial charge >= 0.3 is 0 Å². The number of halogens is 1. The normalized spacial score (nSPS) is 10.3. The Kier molecular flexibility index (Phi) is 2.95. The van der Waals surface area contributed by atoms with Crippen molar-refractivity contribution in [2.45, 2.75) is 20.8 Å². The summed E-state index contributed by atoms with van der Waals surface area (Å²) in [5.41, 5.74) is 4.89. The van der Waals surface area contributed by atoms with Crippen LogP contribution in [0.3, 0.4) is 0 Å². The smallest absolute Gasteiger partial charge is 0.101 e. The fourth-order valence-electron chi connectivity index (χ4n) is 2.07. The molecule has 17 heavy (non-hydrogen) atoms. The lowest BCUT2D eigenvalue weighted by atomic mass is 10.2. The van der Waals surface area contributed by atoms with Crippen LogP contribution in [0.4, 0.5) is 0 Å². The van der Waals surface area contributed by atoms with Crippen molar-refractivity contribution in [3.8, 4) is 11.8 Å². The van der Waals surface area contributed by atoms with Crippen LogP contribution in [0.25, 0.3) is 5.69 Å². The minimum absolute atomic E-state index is 0.705. The Bertz CT molecular complexity index is 618. The molecule has 0 aliphatic heterocycles. The standard InChI is InChI=1S/C14H13ClN2/c1-9-4-5-13(15)7-14(9)17-10(2)6-12(8-16)11(17)3/h4-7H,1-3H3. The molecule has 0 radical (unpaired) electrons. The highest BCUT2D eigenvalue weighted by Gasteiger charge is 2.12. The molecule has 0 aliphatic carbocycles. The van der Waals surface area contributed by atoms with Gasteiger partial charge in [-0.15, -0.1) is 0 Å². The molecule has 0 bridgehead atoms. The summed E-state index contributed by atoms with van der Waals surface area (Å²) in [6.07, 6.45) is 0. The van der Waals surface area contributed by atoms with Gasteiger partial charge < -0.3 is 4.57 Å². The minimum atomic E-state index is 0.705. The van der Waals surface area contributed by atoms with Gasteiger partial charge in [-0.25, -0.2) is 0 Å². The SMILES string of the molecule is Cc1ccc(Cl)cc1-n1c(C)cc(C#N)c1C. The van der Waals surface area contributed by atoms with Crippen LogP contribution < -0.4 is 0 Å². The maximum absolute atomic E-state index is 9.04. The Labute approximate surface area is 106 Å². The van der Waals surface area contributed by atoms with Crippen LogP contribution in [0.2, 0.25) is 5.02 Å². The molecule has 0 saturated carbocycles. The van der Waals surface area contributed by atoms with Crippen molar-refractivity contribution in [1.82, 2.24) is 4.57 Å². The zero-order valence-corrected chi connectivity index (χ0v) is 10.8. The third-order valence-corrected chi connectivity index (χ3v) is 3.20. The summed E-state index contributed by atoms with van der Waals surface area (Å²) in [4.78, 5) is 0. The second kappa shape index (κ2) is 4.27. The van der Waals surface area contributed by atoms with Crippen LogP contribution in [-0.2, 0) is 0 Å². The van der Waals surface area contributed by atoms with E-state index in [1.165, 1.54) is 0 Å². The first-order valence-corrected chi connectivity index (χ1v) is 5.78. The van der Waals surface area contributed by atoms with E-state index in [0.29, 0.717) is 10.6 Å². The quantitative estimate of drug-likeness (QED) is 0.747. The second-order valence-electron chi connectivity index (χ2n) is 4.16. The molecular weight excluding hydrogens is 232 g/mol. The van der Waals surface area contributed by atoms with Crippen molar-refractivity contribution >= 4 is 11.6 Å². The van der Waals surface area contributed by atoms with E-state index < -0.39 is 0 Å². The van der Waals surface area contributed by atoms with Gasteiger partial charge in [0.2, 0.25) is 0 Å². The number of nitrogens with zero attached hydrogens (tertiary/aromatic N) is 2. The predicted octanol–water partition coefficient (Wildman–Crippen LogP) is 3.93. The van der Waals surface area contributed by atoms with E-state index in [4.69, 9.17) is 16.9 Å². The number of hydrogen-bond donors (Lipinski definition) is 0. The fourth-order valence-corrected chi connectivity index (χ4v) is 2.24. The van der Waals surface area contributed by atoms with Crippen molar-refractivity contribution in [2.24, 2.45) is 0 Å². The first-order valence-electron chi connectivity index (χ1n) is 5.40. The highest BCUT2D eigenvalue weighted by Crippen LogP contribution is 2.25. The monoisotopic (exact) mass is 244 g/mol. The van der Waals surface area contributed by atoms with E-state index in [0.717, 1.165) is 22.6 Å². The van der Waals surface area contributed by atoms with Crippen molar-refractivity contribution in [2.75, 3.05) is 0 Å². The molecule has 0 amide bonds. The molecule has 0 N–H and O–H groups in total. The Morgan fingerprint density at radius 1 is 1.18 bits per heavy atom. The largest absolute Gasteiger partial charge is 0.317 e. The van der Waals surface area contributed by atoms with Gasteiger partial charge in [0, 0.05) is 22.1 Å². The van der Waals surface area contributed by atoms with Gasteiger partial charge in [0.05, 0.1) is 5.56 Å². The minimum Gasteiger partial charge on any atom is -0.317 e. The Morgan fingerprint density at radius 3 is 2.47 bits per heavy atom. The van der Waals surface area contributed by atoms with Gasteiger partial charge in [-0.05, 0) is 44.5 Å². The number of benzene rings is 1. The van der Waals surface area contributed by atoms with E-state index in [2.05, 4.69) is 10.6 Å². The lowest BCUT2D eigenvalue weighted by Crippen LogP contribution is -2.01. The van der Waals surface area contributed by atoms with Crippen molar-refractivity contribution in [3.63, 3.8) is 0 Å². The molecule has 0 fully saturated rings. The Morgan fingerprint density at radius 2 is 1.88 bits per heavy atom. The predicted molar refractivity (Wildman–Crippen MR) is 69.7 cm³/mol. The van der Waals surface area contributed by atoms with Crippen LogP contribution >= 0.6 is 11.6 Å². The second-order valence-corrected chi connectivity index (χ2v) is 4.60. The van der Waals surface area contributed by atoms with Crippen LogP contribution in [0.1, 0.15) is 22.5 Å². The molecule has 1 heterocycles. The van der Waals surface area contributed by atoms with Gasteiger partial charge in [0.1, 0.15) is 6.07 Å². The number of hydrogen-bond acceptors (Lipinski definition) is 1. The molecule has 0 unspecified atom stereocenters. The Hall–Kier alpha value is -1.72. The molecule has 2 aromatic rings. The molecule has 2 rings (SSSR count). The summed E-state index contributed by atoms with van der Waals surface area (Å²) in [5, 5.41) is 9.74. The van der Waals surface area contributed by atoms with E-state index in [9.17, 15) is 0 Å². The third-order valence-electron chi connectivity index (χ3n) is 2.96. The zero-order chi connectivity index (χ0) is 12.6. The fraction of sp³-hybridized carbons (Fsp3) is 0.214. The average Bonchev–Trinajstić information content (AvgIpc) is 2.58. The first-order chi connectivity index (χ1) is 8.04. The molecule has 2 nitrogen and oxygen atoms in total. The summed E-state index contributed by atoms with van der Waals surface area (Å²) >= 11 is 6.03. The van der Waals surface area contributed by atoms with Gasteiger partial charge in [0.25, 0.3) is 0 Å². The van der Waals surface area contributed by atoms with E-state index in [-0.39, 0.29) is 0 Å². The highest BCUT2D eigenvalue weighted by atomic mass is 35.5. The van der Waals surface area contributed by atoms with Gasteiger partial charge in [-0.3, -0.25) is 0 Å². The summed E-state index contributed by atoms with van der Waals surface area (Å²) in [5.74, 6) is 0. The van der Waals surface area contributed by atoms with Gasteiger partial charge in [-0.1, -0.05) is 17.7 Å². The molecule has 86 valence electrons. The summed E-state index contributed by atoms with van der Waals surface area (Å²) in [6.45, 7) is 5.98. The molecule has 0 saturated heterocycles. The lowest BCUT2D eigenvalue weighted by molar-refractivity contribution is 0.953. The van der Waals surface area contributed by atoms with E-state index in [1.54, 1.807) is 0 Å². The summed E-state index contributed by atoms with van der Waals surface area (Å²) in [7, 11) is 0. The molecule has 0 aliphatic rings. The van der Waals surface area contributed by atoms with Crippen LogP contribution in [-0.4, -0.2) is 4.57 Å². The lowest BCUT2D eigenvalue weighted by Gasteiger charge is -2.12. The summed E-state index contributed by atoms with van der Waals surface area (Å²) in [6, 6.07) is 9.90. The number of aryl methyl sites for hydroxylation is 2. The van der Waals surface area contributed by atoms with Crippen LogP contribution in [0, 0.1) is 32.1 Å². The van der Waals surface area contributed by atoms with Crippen molar-refractivity contribution in [1.29, 1.82) is 5.26 Å². The molecule has 1 aromatic heterocycles. The number of aromatic nitrogens is 1. The molecule has 0 spiro atoms. The van der Waals surface area contributed by atoms with Crippen molar-refractivity contribution in [3.05, 3.63) is 51.8 Å². The van der Waals surface area contributed by atoms with E-state index >= 15 is 0 Å². The third kappa shape index (κ3) is 1.94. The van der Waals surface area contributed by atoms with E-state index in [1.807, 2.05) is 45.0 Å². The van der Waals surface area contributed by atoms with Gasteiger partial charge in [-0.2, -0.15) is 5.26 Å². The maximum atomic E-state index is 9.04. The van der Waals surface area contributed by atoms with Crippen LogP contribution in [0.15, 0.2) is 24.3 Å². The summed E-state index contributed by atoms with van der Waals surface area (Å²) < 4.78 is 2.07. The Balaban J connectivity index is 2.73. The molecule has 0 atom stereocenters. The topological polar surface area (TPSA) is 28.7 Å².